The van der Waals surface area contributed by atoms with Crippen LogP contribution in [-0.2, 0) is 10.0 Å². The van der Waals surface area contributed by atoms with E-state index < -0.39 is 10.0 Å². The molecule has 2 aromatic carbocycles. The number of piperidine rings is 1. The van der Waals surface area contributed by atoms with E-state index >= 15 is 0 Å². The van der Waals surface area contributed by atoms with Crippen LogP contribution in [0.4, 0.5) is 5.69 Å². The first-order valence-corrected chi connectivity index (χ1v) is 11.3. The molecular weight excluding hydrogens is 419 g/mol. The topological polar surface area (TPSA) is 66.5 Å². The Hall–Kier alpha value is -1.76. The SMILES string of the molecule is CC1CC(C)CN(C(=O)c2ccc(NS(=O)(=O)c3cc(Cl)ccc3Cl)cc2)C1. The molecule has 0 aliphatic carbocycles. The molecule has 1 heterocycles. The van der Waals surface area contributed by atoms with Crippen LogP contribution in [0.1, 0.15) is 30.6 Å². The third-order valence-corrected chi connectivity index (χ3v) is 6.82. The van der Waals surface area contributed by atoms with Crippen molar-refractivity contribution in [3.63, 3.8) is 0 Å². The lowest BCUT2D eigenvalue weighted by atomic mass is 9.91. The van der Waals surface area contributed by atoms with Gasteiger partial charge in [0.1, 0.15) is 4.90 Å². The maximum atomic E-state index is 12.7. The van der Waals surface area contributed by atoms with Crippen LogP contribution in [0.2, 0.25) is 10.0 Å². The molecule has 0 aromatic heterocycles. The van der Waals surface area contributed by atoms with Crippen LogP contribution in [0.25, 0.3) is 0 Å². The third-order valence-electron chi connectivity index (χ3n) is 4.72. The molecule has 0 saturated carbocycles. The van der Waals surface area contributed by atoms with Gasteiger partial charge in [-0.25, -0.2) is 8.42 Å². The smallest absolute Gasteiger partial charge is 0.263 e. The van der Waals surface area contributed by atoms with E-state index in [0.717, 1.165) is 19.5 Å². The van der Waals surface area contributed by atoms with Crippen molar-refractivity contribution < 1.29 is 13.2 Å². The summed E-state index contributed by atoms with van der Waals surface area (Å²) in [5, 5.41) is 0.354. The molecule has 1 aliphatic rings. The van der Waals surface area contributed by atoms with Crippen molar-refractivity contribution in [1.82, 2.24) is 4.90 Å². The summed E-state index contributed by atoms with van der Waals surface area (Å²) in [5.41, 5.74) is 0.873. The number of hydrogen-bond donors (Lipinski definition) is 1. The van der Waals surface area contributed by atoms with E-state index in [0.29, 0.717) is 23.1 Å². The summed E-state index contributed by atoms with van der Waals surface area (Å²) in [7, 11) is -3.90. The first kappa shape index (κ1) is 21.0. The molecule has 2 atom stereocenters. The highest BCUT2D eigenvalue weighted by atomic mass is 35.5. The maximum absolute atomic E-state index is 12.7. The quantitative estimate of drug-likeness (QED) is 0.733. The van der Waals surface area contributed by atoms with Gasteiger partial charge in [0, 0.05) is 29.4 Å². The van der Waals surface area contributed by atoms with Crippen LogP contribution in [0.3, 0.4) is 0 Å². The second kappa shape index (κ2) is 8.31. The van der Waals surface area contributed by atoms with Gasteiger partial charge < -0.3 is 4.90 Å². The third kappa shape index (κ3) is 4.80. The van der Waals surface area contributed by atoms with E-state index in [1.807, 2.05) is 4.90 Å². The summed E-state index contributed by atoms with van der Waals surface area (Å²) in [5.74, 6) is 0.910. The molecule has 5 nitrogen and oxygen atoms in total. The molecular formula is C20H22Cl2N2O3S. The van der Waals surface area contributed by atoms with Gasteiger partial charge >= 0.3 is 0 Å². The Morgan fingerprint density at radius 3 is 2.25 bits per heavy atom. The summed E-state index contributed by atoms with van der Waals surface area (Å²) < 4.78 is 27.6. The van der Waals surface area contributed by atoms with Crippen LogP contribution < -0.4 is 4.72 Å². The Kier molecular flexibility index (Phi) is 6.22. The second-order valence-electron chi connectivity index (χ2n) is 7.41. The van der Waals surface area contributed by atoms with Crippen LogP contribution >= 0.6 is 23.2 Å². The number of carbonyl (C=O) groups excluding carboxylic acids is 1. The van der Waals surface area contributed by atoms with Gasteiger partial charge in [-0.15, -0.1) is 0 Å². The summed E-state index contributed by atoms with van der Waals surface area (Å²) in [6.45, 7) is 5.78. The summed E-state index contributed by atoms with van der Waals surface area (Å²) in [6.07, 6.45) is 1.12. The van der Waals surface area contributed by atoms with Crippen molar-refractivity contribution in [1.29, 1.82) is 0 Å². The summed E-state index contributed by atoms with van der Waals surface area (Å²) in [6, 6.07) is 10.6. The first-order chi connectivity index (χ1) is 13.2. The minimum Gasteiger partial charge on any atom is -0.338 e. The van der Waals surface area contributed by atoms with Crippen molar-refractivity contribution in [2.75, 3.05) is 17.8 Å². The molecule has 3 rings (SSSR count). The van der Waals surface area contributed by atoms with Gasteiger partial charge in [-0.1, -0.05) is 37.0 Å². The number of carbonyl (C=O) groups is 1. The second-order valence-corrected chi connectivity index (χ2v) is 9.91. The van der Waals surface area contributed by atoms with E-state index in [2.05, 4.69) is 18.6 Å². The summed E-state index contributed by atoms with van der Waals surface area (Å²) in [4.78, 5) is 14.5. The number of amides is 1. The molecule has 0 spiro atoms. The molecule has 28 heavy (non-hydrogen) atoms. The first-order valence-electron chi connectivity index (χ1n) is 9.03. The minimum atomic E-state index is -3.90. The number of nitrogens with one attached hydrogen (secondary N) is 1. The normalized spacial score (nSPS) is 20.1. The lowest BCUT2D eigenvalue weighted by Gasteiger charge is -2.35. The number of benzene rings is 2. The van der Waals surface area contributed by atoms with Gasteiger partial charge in [-0.05, 0) is 60.7 Å². The monoisotopic (exact) mass is 440 g/mol. The Labute approximate surface area is 175 Å². The van der Waals surface area contributed by atoms with Gasteiger partial charge in [-0.2, -0.15) is 0 Å². The predicted octanol–water partition coefficient (Wildman–Crippen LogP) is 4.91. The Balaban J connectivity index is 1.75. The molecule has 2 aromatic rings. The van der Waals surface area contributed by atoms with Crippen molar-refractivity contribution in [3.05, 3.63) is 58.1 Å². The highest BCUT2D eigenvalue weighted by molar-refractivity contribution is 7.92. The molecule has 2 unspecified atom stereocenters. The number of sulfonamides is 1. The van der Waals surface area contributed by atoms with Crippen molar-refractivity contribution in [3.8, 4) is 0 Å². The van der Waals surface area contributed by atoms with E-state index in [1.54, 1.807) is 24.3 Å². The lowest BCUT2D eigenvalue weighted by Crippen LogP contribution is -2.42. The fourth-order valence-corrected chi connectivity index (χ4v) is 5.41. The lowest BCUT2D eigenvalue weighted by molar-refractivity contribution is 0.0623. The number of rotatable bonds is 4. The van der Waals surface area contributed by atoms with Crippen LogP contribution in [-0.4, -0.2) is 32.3 Å². The highest BCUT2D eigenvalue weighted by Gasteiger charge is 2.26. The molecule has 1 aliphatic heterocycles. The van der Waals surface area contributed by atoms with E-state index in [9.17, 15) is 13.2 Å². The Morgan fingerprint density at radius 2 is 1.64 bits per heavy atom. The largest absolute Gasteiger partial charge is 0.338 e. The molecule has 0 bridgehead atoms. The fourth-order valence-electron chi connectivity index (χ4n) is 3.59. The minimum absolute atomic E-state index is 0.0364. The van der Waals surface area contributed by atoms with Gasteiger partial charge in [0.2, 0.25) is 0 Å². The molecule has 1 N–H and O–H groups in total. The molecule has 0 radical (unpaired) electrons. The van der Waals surface area contributed by atoms with Crippen LogP contribution in [0.5, 0.6) is 0 Å². The van der Waals surface area contributed by atoms with Crippen LogP contribution in [0, 0.1) is 11.8 Å². The number of likely N-dealkylation sites (tertiary alicyclic amines) is 1. The fraction of sp³-hybridized carbons (Fsp3) is 0.350. The number of hydrogen-bond acceptors (Lipinski definition) is 3. The van der Waals surface area contributed by atoms with Crippen molar-refractivity contribution >= 4 is 44.8 Å². The summed E-state index contributed by atoms with van der Waals surface area (Å²) >= 11 is 11.9. The average molecular weight is 441 g/mol. The number of anilines is 1. The average Bonchev–Trinajstić information content (AvgIpc) is 2.62. The molecule has 8 heteroatoms. The molecule has 1 amide bonds. The van der Waals surface area contributed by atoms with Crippen LogP contribution in [0.15, 0.2) is 47.4 Å². The van der Waals surface area contributed by atoms with Gasteiger partial charge in [-0.3, -0.25) is 9.52 Å². The molecule has 150 valence electrons. The predicted molar refractivity (Wildman–Crippen MR) is 113 cm³/mol. The Morgan fingerprint density at radius 1 is 1.04 bits per heavy atom. The van der Waals surface area contributed by atoms with Gasteiger partial charge in [0.05, 0.1) is 5.02 Å². The number of halogens is 2. The van der Waals surface area contributed by atoms with E-state index in [-0.39, 0.29) is 20.8 Å². The van der Waals surface area contributed by atoms with Gasteiger partial charge in [0.25, 0.3) is 15.9 Å². The van der Waals surface area contributed by atoms with E-state index in [1.165, 1.54) is 18.2 Å². The van der Waals surface area contributed by atoms with Crippen molar-refractivity contribution in [2.45, 2.75) is 25.2 Å². The molecule has 1 saturated heterocycles. The maximum Gasteiger partial charge on any atom is 0.263 e. The number of nitrogens with zero attached hydrogens (tertiary/aromatic N) is 1. The zero-order valence-corrected chi connectivity index (χ0v) is 18.0. The zero-order chi connectivity index (χ0) is 20.5. The van der Waals surface area contributed by atoms with E-state index in [4.69, 9.17) is 23.2 Å². The molecule has 1 fully saturated rings. The highest BCUT2D eigenvalue weighted by Crippen LogP contribution is 2.27. The Bertz CT molecular complexity index is 967. The van der Waals surface area contributed by atoms with Gasteiger partial charge in [0.15, 0.2) is 0 Å². The standard InChI is InChI=1S/C20H22Cl2N2O3S/c1-13-9-14(2)12-24(11-13)20(25)15-3-6-17(7-4-15)23-28(26,27)19-10-16(21)5-8-18(19)22/h3-8,10,13-14,23H,9,11-12H2,1-2H3. The zero-order valence-electron chi connectivity index (χ0n) is 15.7. The van der Waals surface area contributed by atoms with Crippen molar-refractivity contribution in [2.24, 2.45) is 11.8 Å².